The molecule has 1 heterocycles. The number of hydrogen-bond acceptors (Lipinski definition) is 5. The molecular weight excluding hydrogens is 416 g/mol. The van der Waals surface area contributed by atoms with Crippen molar-refractivity contribution in [3.63, 3.8) is 0 Å². The van der Waals surface area contributed by atoms with Crippen molar-refractivity contribution >= 4 is 40.6 Å². The molecule has 1 aromatic heterocycles. The normalized spacial score (nSPS) is 10.9. The number of amides is 1. The topological polar surface area (TPSA) is 83.6 Å². The molecule has 9 heteroatoms. The van der Waals surface area contributed by atoms with Crippen molar-refractivity contribution in [3.8, 4) is 0 Å². The molecule has 0 saturated heterocycles. The van der Waals surface area contributed by atoms with Gasteiger partial charge in [0.1, 0.15) is 5.69 Å². The van der Waals surface area contributed by atoms with E-state index in [0.29, 0.717) is 23.2 Å². The fourth-order valence-electron chi connectivity index (χ4n) is 3.34. The van der Waals surface area contributed by atoms with Crippen molar-refractivity contribution in [2.45, 2.75) is 41.2 Å². The summed E-state index contributed by atoms with van der Waals surface area (Å²) in [5, 5.41) is 11.3. The number of anilines is 2. The molecular formula is C24H30N8O. The summed E-state index contributed by atoms with van der Waals surface area (Å²) in [6, 6.07) is 5.64. The number of azo groups is 1. The van der Waals surface area contributed by atoms with E-state index in [1.54, 1.807) is 12.1 Å². The Balaban J connectivity index is 2.51. The summed E-state index contributed by atoms with van der Waals surface area (Å²) in [7, 11) is 0. The maximum absolute atomic E-state index is 11.9. The molecule has 0 bridgehead atoms. The summed E-state index contributed by atoms with van der Waals surface area (Å²) >= 11 is 0. The Morgan fingerprint density at radius 1 is 1.21 bits per heavy atom. The van der Waals surface area contributed by atoms with Crippen LogP contribution in [0.4, 0.5) is 34.6 Å². The molecule has 172 valence electrons. The molecule has 0 unspecified atom stereocenters. The molecule has 0 spiro atoms. The van der Waals surface area contributed by atoms with E-state index in [1.165, 1.54) is 11.5 Å². The molecule has 9 nitrogen and oxygen atoms in total. The lowest BCUT2D eigenvalue weighted by atomic mass is 10.1. The van der Waals surface area contributed by atoms with Gasteiger partial charge in [0.2, 0.25) is 5.91 Å². The minimum absolute atomic E-state index is 0.0313. The summed E-state index contributed by atoms with van der Waals surface area (Å²) in [6.45, 7) is 30.5. The monoisotopic (exact) mass is 446 g/mol. The number of carbonyl (C=O) groups excluding carboxylic acids is 1. The number of hydrogen-bond donors (Lipinski definition) is 1. The van der Waals surface area contributed by atoms with E-state index in [2.05, 4.69) is 69.4 Å². The van der Waals surface area contributed by atoms with Gasteiger partial charge in [-0.15, -0.1) is 5.11 Å². The van der Waals surface area contributed by atoms with Crippen LogP contribution in [-0.4, -0.2) is 28.5 Å². The van der Waals surface area contributed by atoms with Crippen LogP contribution in [0.15, 0.2) is 41.1 Å². The smallest absolute Gasteiger partial charge is 0.373 e. The highest BCUT2D eigenvalue weighted by atomic mass is 16.1. The van der Waals surface area contributed by atoms with E-state index < -0.39 is 0 Å². The minimum atomic E-state index is -0.221. The van der Waals surface area contributed by atoms with E-state index in [9.17, 15) is 4.79 Å². The van der Waals surface area contributed by atoms with Crippen molar-refractivity contribution in [3.05, 3.63) is 53.7 Å². The summed E-state index contributed by atoms with van der Waals surface area (Å²) in [4.78, 5) is 25.0. The fraction of sp³-hybridized carbons (Fsp3) is 0.417. The maximum Gasteiger partial charge on any atom is 0.417 e. The van der Waals surface area contributed by atoms with Crippen LogP contribution in [0.1, 0.15) is 34.6 Å². The van der Waals surface area contributed by atoms with Crippen LogP contribution in [0.2, 0.25) is 0 Å². The lowest BCUT2D eigenvalue weighted by molar-refractivity contribution is -0.114. The number of carbonyl (C=O) groups is 1. The quantitative estimate of drug-likeness (QED) is 0.251. The Labute approximate surface area is 195 Å². The van der Waals surface area contributed by atoms with Gasteiger partial charge in [0.05, 0.1) is 12.2 Å². The van der Waals surface area contributed by atoms with Crippen molar-refractivity contribution in [1.29, 1.82) is 0 Å². The Hall–Kier alpha value is -3.98. The van der Waals surface area contributed by atoms with Crippen LogP contribution in [0.3, 0.4) is 0 Å². The van der Waals surface area contributed by atoms with Crippen LogP contribution in [0.25, 0.3) is 9.69 Å². The lowest BCUT2D eigenvalue weighted by Gasteiger charge is -2.29. The third kappa shape index (κ3) is 6.75. The first-order chi connectivity index (χ1) is 15.7. The van der Waals surface area contributed by atoms with Crippen LogP contribution in [0, 0.1) is 25.0 Å². The summed E-state index contributed by atoms with van der Waals surface area (Å²) in [5.74, 6) is 0.923. The van der Waals surface area contributed by atoms with Gasteiger partial charge in [0.15, 0.2) is 0 Å². The molecule has 0 radical (unpaired) electrons. The number of aromatic nitrogens is 2. The molecule has 2 rings (SSSR count). The van der Waals surface area contributed by atoms with Crippen molar-refractivity contribution < 1.29 is 4.79 Å². The molecule has 2 aromatic rings. The first-order valence-electron chi connectivity index (χ1n) is 10.7. The second kappa shape index (κ2) is 11.6. The molecule has 33 heavy (non-hydrogen) atoms. The maximum atomic E-state index is 11.9. The first kappa shape index (κ1) is 25.3. The zero-order valence-electron chi connectivity index (χ0n) is 19.8. The van der Waals surface area contributed by atoms with E-state index >= 15 is 0 Å². The van der Waals surface area contributed by atoms with Crippen molar-refractivity contribution in [2.75, 3.05) is 23.3 Å². The van der Waals surface area contributed by atoms with Gasteiger partial charge in [0.25, 0.3) is 11.6 Å². The molecule has 0 fully saturated rings. The minimum Gasteiger partial charge on any atom is -0.373 e. The van der Waals surface area contributed by atoms with Gasteiger partial charge in [-0.2, -0.15) is 0 Å². The number of nitrogens with zero attached hydrogens (tertiary/aromatic N) is 7. The van der Waals surface area contributed by atoms with Crippen LogP contribution >= 0.6 is 0 Å². The largest absolute Gasteiger partial charge is 0.417 e. The summed E-state index contributed by atoms with van der Waals surface area (Å²) < 4.78 is 1.48. The van der Waals surface area contributed by atoms with Crippen LogP contribution in [0.5, 0.6) is 0 Å². The molecule has 0 atom stereocenters. The fourth-order valence-corrected chi connectivity index (χ4v) is 3.34. The first-order valence-corrected chi connectivity index (χ1v) is 10.7. The predicted molar refractivity (Wildman–Crippen MR) is 132 cm³/mol. The summed E-state index contributed by atoms with van der Waals surface area (Å²) in [5.41, 5.74) is 1.96. The third-order valence-electron chi connectivity index (χ3n) is 4.50. The van der Waals surface area contributed by atoms with Gasteiger partial charge in [-0.25, -0.2) is 4.57 Å². The highest BCUT2D eigenvalue weighted by molar-refractivity contribution is 5.93. The zero-order chi connectivity index (χ0) is 24.5. The summed E-state index contributed by atoms with van der Waals surface area (Å²) in [6.07, 6.45) is 1.60. The zero-order valence-corrected chi connectivity index (χ0v) is 19.8. The lowest BCUT2D eigenvalue weighted by Crippen LogP contribution is -2.31. The number of allylic oxidation sites excluding steroid dienone is 1. The number of rotatable bonds is 10. The van der Waals surface area contributed by atoms with Crippen molar-refractivity contribution in [1.82, 2.24) is 9.55 Å². The molecule has 0 aliphatic heterocycles. The highest BCUT2D eigenvalue weighted by Crippen LogP contribution is 2.36. The van der Waals surface area contributed by atoms with Gasteiger partial charge in [-0.1, -0.05) is 63.6 Å². The van der Waals surface area contributed by atoms with E-state index in [-0.39, 0.29) is 30.0 Å². The standard InChI is InChI=1S/C24H30N8O/c1-9-12-32-23(26-8)22(25-7)28-24(32)30-29-20-11-10-19(13-21(20)27-18(6)33)31(14-16(2)3)15-17(4)5/h9-11,13,16-17H,1,12,14-15H2,2-6H3,(H,27,33). The number of nitrogens with one attached hydrogen (secondary N) is 1. The number of benzene rings is 1. The Bertz CT molecular complexity index is 1100. The van der Waals surface area contributed by atoms with E-state index in [1.807, 2.05) is 12.1 Å². The van der Waals surface area contributed by atoms with Gasteiger partial charge in [-0.05, 0) is 30.0 Å². The van der Waals surface area contributed by atoms with Crippen LogP contribution < -0.4 is 10.2 Å². The second-order valence-corrected chi connectivity index (χ2v) is 8.46. The van der Waals surface area contributed by atoms with Gasteiger partial charge in [-0.3, -0.25) is 4.79 Å². The third-order valence-corrected chi connectivity index (χ3v) is 4.50. The molecule has 1 aromatic carbocycles. The Morgan fingerprint density at radius 2 is 1.88 bits per heavy atom. The molecule has 0 aliphatic rings. The number of imidazole rings is 1. The van der Waals surface area contributed by atoms with Gasteiger partial charge < -0.3 is 19.9 Å². The molecule has 1 N–H and O–H groups in total. The Morgan fingerprint density at radius 3 is 2.39 bits per heavy atom. The van der Waals surface area contributed by atoms with Gasteiger partial charge >= 0.3 is 5.95 Å². The second-order valence-electron chi connectivity index (χ2n) is 8.46. The molecule has 0 saturated carbocycles. The highest BCUT2D eigenvalue weighted by Gasteiger charge is 2.21. The molecule has 1 amide bonds. The Kier molecular flexibility index (Phi) is 8.88. The van der Waals surface area contributed by atoms with Crippen LogP contribution in [-0.2, 0) is 11.3 Å². The average Bonchev–Trinajstić information content (AvgIpc) is 3.08. The predicted octanol–water partition coefficient (Wildman–Crippen LogP) is 6.66. The van der Waals surface area contributed by atoms with E-state index in [4.69, 9.17) is 13.1 Å². The van der Waals surface area contributed by atoms with Crippen molar-refractivity contribution in [2.24, 2.45) is 22.1 Å². The SMILES string of the molecule is [C-]#[N+]c1nc(N=Nc2ccc(N(CC(C)C)CC(C)C)cc2NC(C)=O)n(CC=C)c1[N+]#[C-]. The van der Waals surface area contributed by atoms with E-state index in [0.717, 1.165) is 18.8 Å². The van der Waals surface area contributed by atoms with Gasteiger partial charge in [0, 0.05) is 25.7 Å². The average molecular weight is 447 g/mol. The molecule has 0 aliphatic carbocycles.